The van der Waals surface area contributed by atoms with Crippen LogP contribution in [0.25, 0.3) is 11.1 Å². The Kier molecular flexibility index (Phi) is 4.51. The van der Waals surface area contributed by atoms with E-state index in [9.17, 15) is 8.42 Å². The van der Waals surface area contributed by atoms with Crippen molar-refractivity contribution in [2.45, 2.75) is 18.7 Å². The lowest BCUT2D eigenvalue weighted by atomic mass is 9.99. The van der Waals surface area contributed by atoms with E-state index in [0.717, 1.165) is 16.7 Å². The highest BCUT2D eigenvalue weighted by atomic mass is 35.5. The number of halogens is 1. The molecular weight excluding hydrogens is 292 g/mol. The molecule has 0 fully saturated rings. The smallest absolute Gasteiger partial charge is 0.179 e. The molecule has 0 amide bonds. The maximum atomic E-state index is 12.1. The zero-order valence-electron chi connectivity index (χ0n) is 11.6. The van der Waals surface area contributed by atoms with Gasteiger partial charge in [-0.15, -0.1) is 11.6 Å². The minimum absolute atomic E-state index is 0.0368. The molecule has 106 valence electrons. The lowest BCUT2D eigenvalue weighted by molar-refractivity contribution is 0.597. The van der Waals surface area contributed by atoms with E-state index in [1.165, 1.54) is 5.56 Å². The fraction of sp³-hybridized carbons (Fsp3) is 0.250. The normalized spacial score (nSPS) is 11.6. The van der Waals surface area contributed by atoms with Gasteiger partial charge < -0.3 is 0 Å². The summed E-state index contributed by atoms with van der Waals surface area (Å²) in [4.78, 5) is 0.329. The molecule has 20 heavy (non-hydrogen) atoms. The fourth-order valence-corrected chi connectivity index (χ4v) is 3.85. The molecule has 0 unspecified atom stereocenters. The number of benzene rings is 2. The molecule has 0 aliphatic rings. The first-order valence-corrected chi connectivity index (χ1v) is 8.59. The molecule has 0 radical (unpaired) electrons. The topological polar surface area (TPSA) is 34.1 Å². The molecule has 2 aromatic rings. The van der Waals surface area contributed by atoms with Crippen LogP contribution in [0.1, 0.15) is 11.1 Å². The lowest BCUT2D eigenvalue weighted by Crippen LogP contribution is -2.07. The minimum atomic E-state index is -3.29. The average Bonchev–Trinajstić information content (AvgIpc) is 2.39. The number of rotatable bonds is 4. The Morgan fingerprint density at radius 1 is 1.05 bits per heavy atom. The Morgan fingerprint density at radius 3 is 2.45 bits per heavy atom. The SMILES string of the molecule is Cc1ccc(-c2cccc(S(=O)(=O)CCCl)c2)c(C)c1. The van der Waals surface area contributed by atoms with Gasteiger partial charge in [-0.05, 0) is 42.7 Å². The van der Waals surface area contributed by atoms with Crippen molar-refractivity contribution in [3.63, 3.8) is 0 Å². The summed E-state index contributed by atoms with van der Waals surface area (Å²) in [5.41, 5.74) is 4.30. The molecule has 0 spiro atoms. The van der Waals surface area contributed by atoms with E-state index in [-0.39, 0.29) is 11.6 Å². The van der Waals surface area contributed by atoms with Crippen molar-refractivity contribution in [3.05, 3.63) is 53.6 Å². The van der Waals surface area contributed by atoms with E-state index in [1.807, 2.05) is 32.0 Å². The van der Waals surface area contributed by atoms with Gasteiger partial charge in [-0.1, -0.05) is 35.9 Å². The van der Waals surface area contributed by atoms with E-state index in [2.05, 4.69) is 6.07 Å². The third-order valence-corrected chi connectivity index (χ3v) is 5.36. The van der Waals surface area contributed by atoms with Crippen molar-refractivity contribution in [2.24, 2.45) is 0 Å². The van der Waals surface area contributed by atoms with E-state index in [0.29, 0.717) is 4.90 Å². The van der Waals surface area contributed by atoms with Gasteiger partial charge in [0.1, 0.15) is 0 Å². The highest BCUT2D eigenvalue weighted by molar-refractivity contribution is 7.91. The van der Waals surface area contributed by atoms with Crippen molar-refractivity contribution in [3.8, 4) is 11.1 Å². The fourth-order valence-electron chi connectivity index (χ4n) is 2.21. The van der Waals surface area contributed by atoms with Gasteiger partial charge in [-0.2, -0.15) is 0 Å². The summed E-state index contributed by atoms with van der Waals surface area (Å²) < 4.78 is 24.1. The van der Waals surface area contributed by atoms with Gasteiger partial charge in [0, 0.05) is 5.88 Å². The Hall–Kier alpha value is -1.32. The summed E-state index contributed by atoms with van der Waals surface area (Å²) in [5, 5.41) is 0. The van der Waals surface area contributed by atoms with Crippen molar-refractivity contribution in [1.82, 2.24) is 0 Å². The predicted molar refractivity (Wildman–Crippen MR) is 84.1 cm³/mol. The maximum Gasteiger partial charge on any atom is 0.179 e. The molecule has 0 aliphatic heterocycles. The molecule has 0 saturated heterocycles. The molecule has 2 rings (SSSR count). The van der Waals surface area contributed by atoms with E-state index in [4.69, 9.17) is 11.6 Å². The summed E-state index contributed by atoms with van der Waals surface area (Å²) in [7, 11) is -3.29. The predicted octanol–water partition coefficient (Wildman–Crippen LogP) is 3.98. The molecule has 0 saturated carbocycles. The third-order valence-electron chi connectivity index (χ3n) is 3.23. The van der Waals surface area contributed by atoms with E-state index < -0.39 is 9.84 Å². The number of aryl methyl sites for hydroxylation is 2. The number of hydrogen-bond donors (Lipinski definition) is 0. The first-order valence-electron chi connectivity index (χ1n) is 6.40. The van der Waals surface area contributed by atoms with Crippen LogP contribution in [0, 0.1) is 13.8 Å². The molecule has 2 aromatic carbocycles. The van der Waals surface area contributed by atoms with E-state index >= 15 is 0 Å². The second-order valence-electron chi connectivity index (χ2n) is 4.85. The second-order valence-corrected chi connectivity index (χ2v) is 7.34. The first kappa shape index (κ1) is 15.1. The second kappa shape index (κ2) is 5.98. The molecule has 0 aromatic heterocycles. The maximum absolute atomic E-state index is 12.1. The van der Waals surface area contributed by atoms with Crippen LogP contribution in [-0.2, 0) is 9.84 Å². The summed E-state index contributed by atoms with van der Waals surface area (Å²) in [6.45, 7) is 4.07. The van der Waals surface area contributed by atoms with Crippen LogP contribution < -0.4 is 0 Å². The van der Waals surface area contributed by atoms with Crippen LogP contribution in [0.2, 0.25) is 0 Å². The number of sulfone groups is 1. The largest absolute Gasteiger partial charge is 0.224 e. The molecule has 0 atom stereocenters. The zero-order chi connectivity index (χ0) is 14.8. The van der Waals surface area contributed by atoms with Gasteiger partial charge in [0.05, 0.1) is 10.6 Å². The van der Waals surface area contributed by atoms with Gasteiger partial charge in [-0.3, -0.25) is 0 Å². The standard InChI is InChI=1S/C16H17ClO2S/c1-12-6-7-16(13(2)10-12)14-4-3-5-15(11-14)20(18,19)9-8-17/h3-7,10-11H,8-9H2,1-2H3. The minimum Gasteiger partial charge on any atom is -0.224 e. The van der Waals surface area contributed by atoms with Gasteiger partial charge in [0.25, 0.3) is 0 Å². The quantitative estimate of drug-likeness (QED) is 0.801. The van der Waals surface area contributed by atoms with Crippen LogP contribution in [-0.4, -0.2) is 20.1 Å². The summed E-state index contributed by atoms with van der Waals surface area (Å²) in [6, 6.07) is 13.2. The highest BCUT2D eigenvalue weighted by Crippen LogP contribution is 2.26. The molecular formula is C16H17ClO2S. The zero-order valence-corrected chi connectivity index (χ0v) is 13.1. The number of hydrogen-bond acceptors (Lipinski definition) is 2. The molecule has 0 N–H and O–H groups in total. The van der Waals surface area contributed by atoms with E-state index in [1.54, 1.807) is 18.2 Å². The molecule has 2 nitrogen and oxygen atoms in total. The lowest BCUT2D eigenvalue weighted by Gasteiger charge is -2.09. The Labute approximate surface area is 125 Å². The average molecular weight is 309 g/mol. The van der Waals surface area contributed by atoms with Crippen molar-refractivity contribution in [2.75, 3.05) is 11.6 Å². The Morgan fingerprint density at radius 2 is 1.80 bits per heavy atom. The summed E-state index contributed by atoms with van der Waals surface area (Å²) >= 11 is 5.56. The Balaban J connectivity index is 2.50. The molecule has 0 heterocycles. The summed E-state index contributed by atoms with van der Waals surface area (Å²) in [5.74, 6) is 0.0704. The van der Waals surface area contributed by atoms with Crippen molar-refractivity contribution >= 4 is 21.4 Å². The molecule has 0 bridgehead atoms. The van der Waals surface area contributed by atoms with Crippen LogP contribution >= 0.6 is 11.6 Å². The third kappa shape index (κ3) is 3.22. The van der Waals surface area contributed by atoms with Crippen LogP contribution in [0.15, 0.2) is 47.4 Å². The van der Waals surface area contributed by atoms with Gasteiger partial charge in [0.2, 0.25) is 0 Å². The molecule has 4 heteroatoms. The highest BCUT2D eigenvalue weighted by Gasteiger charge is 2.14. The van der Waals surface area contributed by atoms with Crippen molar-refractivity contribution < 1.29 is 8.42 Å². The van der Waals surface area contributed by atoms with Crippen LogP contribution in [0.5, 0.6) is 0 Å². The van der Waals surface area contributed by atoms with Gasteiger partial charge >= 0.3 is 0 Å². The van der Waals surface area contributed by atoms with Crippen LogP contribution in [0.4, 0.5) is 0 Å². The summed E-state index contributed by atoms with van der Waals surface area (Å²) in [6.07, 6.45) is 0. The van der Waals surface area contributed by atoms with Gasteiger partial charge in [0.15, 0.2) is 9.84 Å². The first-order chi connectivity index (χ1) is 9.44. The van der Waals surface area contributed by atoms with Gasteiger partial charge in [-0.25, -0.2) is 8.42 Å². The molecule has 0 aliphatic carbocycles. The van der Waals surface area contributed by atoms with Crippen molar-refractivity contribution in [1.29, 1.82) is 0 Å². The monoisotopic (exact) mass is 308 g/mol. The Bertz CT molecular complexity index is 721. The van der Waals surface area contributed by atoms with Crippen LogP contribution in [0.3, 0.4) is 0 Å². The number of alkyl halides is 1.